The third-order valence-electron chi connectivity index (χ3n) is 6.55. The van der Waals surface area contributed by atoms with Gasteiger partial charge in [-0.15, -0.1) is 0 Å². The van der Waals surface area contributed by atoms with Crippen LogP contribution in [0.3, 0.4) is 0 Å². The minimum absolute atomic E-state index is 0.250. The number of aromatic nitrogens is 3. The molecule has 1 aliphatic heterocycles. The average molecular weight is 386 g/mol. The molecule has 154 valence electrons. The summed E-state index contributed by atoms with van der Waals surface area (Å²) in [6.45, 7) is 7.71. The molecule has 1 aliphatic carbocycles. The average Bonchev–Trinajstić information content (AvgIpc) is 3.07. The van der Waals surface area contributed by atoms with E-state index in [4.69, 9.17) is 4.98 Å². The number of aromatic amines is 1. The molecule has 0 unspecified atom stereocenters. The molecule has 2 aliphatic rings. The summed E-state index contributed by atoms with van der Waals surface area (Å²) in [6.07, 6.45) is 6.60. The zero-order valence-corrected chi connectivity index (χ0v) is 17.9. The number of nitrogens with one attached hydrogen (secondary N) is 2. The molecule has 2 N–H and O–H groups in total. The van der Waals surface area contributed by atoms with Gasteiger partial charge < -0.3 is 20.1 Å². The first kappa shape index (κ1) is 19.5. The standard InChI is InChI=1S/C21H35N7/c1-16-14-17-18(24-20(26(2)3)25-19(17)23-16)22-15-21(8-6-5-7-9-21)28-12-10-27(4)11-13-28/h14H,5-13,15H2,1-4H3,(H2,22,23,24,25). The fraction of sp³-hybridized carbons (Fsp3) is 0.714. The Morgan fingerprint density at radius 3 is 2.50 bits per heavy atom. The van der Waals surface area contributed by atoms with Crippen LogP contribution in [0.15, 0.2) is 6.07 Å². The minimum Gasteiger partial charge on any atom is -0.367 e. The molecule has 0 amide bonds. The fourth-order valence-electron chi connectivity index (χ4n) is 4.81. The van der Waals surface area contributed by atoms with Crippen LogP contribution in [0.5, 0.6) is 0 Å². The van der Waals surface area contributed by atoms with Crippen molar-refractivity contribution in [2.45, 2.75) is 44.6 Å². The molecule has 0 spiro atoms. The van der Waals surface area contributed by atoms with Crippen molar-refractivity contribution in [3.05, 3.63) is 11.8 Å². The van der Waals surface area contributed by atoms with E-state index in [0.717, 1.165) is 35.0 Å². The SMILES string of the molecule is Cc1cc2c(NCC3(N4CCN(C)CC4)CCCCC3)nc(N(C)C)nc2[nH]1. The van der Waals surface area contributed by atoms with Gasteiger partial charge in [-0.2, -0.15) is 9.97 Å². The van der Waals surface area contributed by atoms with Crippen LogP contribution >= 0.6 is 0 Å². The van der Waals surface area contributed by atoms with E-state index in [1.165, 1.54) is 58.3 Å². The molecule has 0 bridgehead atoms. The maximum Gasteiger partial charge on any atom is 0.228 e. The molecule has 0 aromatic carbocycles. The second kappa shape index (κ2) is 7.87. The molecule has 0 atom stereocenters. The summed E-state index contributed by atoms with van der Waals surface area (Å²) in [6, 6.07) is 2.15. The number of anilines is 2. The largest absolute Gasteiger partial charge is 0.367 e. The van der Waals surface area contributed by atoms with Gasteiger partial charge in [0.2, 0.25) is 5.95 Å². The van der Waals surface area contributed by atoms with Crippen molar-refractivity contribution in [2.75, 3.05) is 64.1 Å². The van der Waals surface area contributed by atoms with Gasteiger partial charge >= 0.3 is 0 Å². The molecular weight excluding hydrogens is 350 g/mol. The number of H-pyrrole nitrogens is 1. The van der Waals surface area contributed by atoms with Crippen LogP contribution in [-0.4, -0.2) is 84.2 Å². The van der Waals surface area contributed by atoms with Gasteiger partial charge in [-0.1, -0.05) is 19.3 Å². The number of nitrogens with zero attached hydrogens (tertiary/aromatic N) is 5. The number of hydrogen-bond donors (Lipinski definition) is 2. The van der Waals surface area contributed by atoms with Crippen LogP contribution < -0.4 is 10.2 Å². The van der Waals surface area contributed by atoms with Crippen molar-refractivity contribution in [3.8, 4) is 0 Å². The highest BCUT2D eigenvalue weighted by atomic mass is 15.3. The highest BCUT2D eigenvalue weighted by Gasteiger charge is 2.39. The van der Waals surface area contributed by atoms with Crippen molar-refractivity contribution in [1.82, 2.24) is 24.8 Å². The highest BCUT2D eigenvalue weighted by Crippen LogP contribution is 2.35. The zero-order chi connectivity index (χ0) is 19.7. The third kappa shape index (κ3) is 3.82. The lowest BCUT2D eigenvalue weighted by Crippen LogP contribution is -2.60. The first-order valence-corrected chi connectivity index (χ1v) is 10.7. The molecule has 7 nitrogen and oxygen atoms in total. The predicted octanol–water partition coefficient (Wildman–Crippen LogP) is 2.69. The Kier molecular flexibility index (Phi) is 5.47. The van der Waals surface area contributed by atoms with E-state index < -0.39 is 0 Å². The van der Waals surface area contributed by atoms with Gasteiger partial charge in [0, 0.05) is 58.1 Å². The molecule has 7 heteroatoms. The van der Waals surface area contributed by atoms with Crippen LogP contribution in [-0.2, 0) is 0 Å². The first-order chi connectivity index (χ1) is 13.5. The van der Waals surface area contributed by atoms with Gasteiger partial charge in [-0.3, -0.25) is 4.90 Å². The number of hydrogen-bond acceptors (Lipinski definition) is 6. The lowest BCUT2D eigenvalue weighted by Gasteiger charge is -2.49. The van der Waals surface area contributed by atoms with Gasteiger partial charge in [0.05, 0.1) is 5.39 Å². The molecule has 0 radical (unpaired) electrons. The third-order valence-corrected chi connectivity index (χ3v) is 6.55. The summed E-state index contributed by atoms with van der Waals surface area (Å²) in [7, 11) is 6.22. The van der Waals surface area contributed by atoms with E-state index in [0.29, 0.717) is 0 Å². The summed E-state index contributed by atoms with van der Waals surface area (Å²) < 4.78 is 0. The van der Waals surface area contributed by atoms with Gasteiger partial charge in [-0.25, -0.2) is 0 Å². The van der Waals surface area contributed by atoms with E-state index in [9.17, 15) is 0 Å². The summed E-state index contributed by atoms with van der Waals surface area (Å²) in [5, 5.41) is 4.85. The van der Waals surface area contributed by atoms with Crippen molar-refractivity contribution in [3.63, 3.8) is 0 Å². The number of fused-ring (bicyclic) bond motifs is 1. The van der Waals surface area contributed by atoms with Crippen LogP contribution in [0, 0.1) is 6.92 Å². The highest BCUT2D eigenvalue weighted by molar-refractivity contribution is 5.89. The second-order valence-electron chi connectivity index (χ2n) is 8.91. The number of likely N-dealkylation sites (N-methyl/N-ethyl adjacent to an activating group) is 1. The number of rotatable bonds is 5. The Hall–Kier alpha value is -1.86. The summed E-state index contributed by atoms with van der Waals surface area (Å²) in [5.74, 6) is 1.70. The van der Waals surface area contributed by atoms with Crippen LogP contribution in [0.25, 0.3) is 11.0 Å². The van der Waals surface area contributed by atoms with Crippen LogP contribution in [0.2, 0.25) is 0 Å². The molecular formula is C21H35N7. The Morgan fingerprint density at radius 1 is 1.11 bits per heavy atom. The van der Waals surface area contributed by atoms with Gasteiger partial charge in [0.15, 0.2) is 0 Å². The zero-order valence-electron chi connectivity index (χ0n) is 17.9. The van der Waals surface area contributed by atoms with E-state index in [1.807, 2.05) is 19.0 Å². The molecule has 3 heterocycles. The van der Waals surface area contributed by atoms with E-state index in [1.54, 1.807) is 0 Å². The summed E-state index contributed by atoms with van der Waals surface area (Å²) >= 11 is 0. The van der Waals surface area contributed by atoms with E-state index in [-0.39, 0.29) is 5.54 Å². The Bertz CT molecular complexity index is 798. The van der Waals surface area contributed by atoms with Gasteiger partial charge in [-0.05, 0) is 32.9 Å². The molecule has 2 aromatic heterocycles. The van der Waals surface area contributed by atoms with Crippen molar-refractivity contribution < 1.29 is 0 Å². The number of aryl methyl sites for hydroxylation is 1. The normalized spacial score (nSPS) is 21.1. The van der Waals surface area contributed by atoms with Gasteiger partial charge in [0.1, 0.15) is 11.5 Å². The smallest absolute Gasteiger partial charge is 0.228 e. The Labute approximate surface area is 168 Å². The molecule has 4 rings (SSSR count). The van der Waals surface area contributed by atoms with Crippen LogP contribution in [0.1, 0.15) is 37.8 Å². The lowest BCUT2D eigenvalue weighted by atomic mass is 9.79. The quantitative estimate of drug-likeness (QED) is 0.825. The van der Waals surface area contributed by atoms with Gasteiger partial charge in [0.25, 0.3) is 0 Å². The van der Waals surface area contributed by atoms with E-state index >= 15 is 0 Å². The minimum atomic E-state index is 0.250. The summed E-state index contributed by atoms with van der Waals surface area (Å²) in [5.41, 5.74) is 2.28. The first-order valence-electron chi connectivity index (χ1n) is 10.7. The topological polar surface area (TPSA) is 63.3 Å². The monoisotopic (exact) mass is 385 g/mol. The fourth-order valence-corrected chi connectivity index (χ4v) is 4.81. The molecule has 1 saturated carbocycles. The second-order valence-corrected chi connectivity index (χ2v) is 8.91. The van der Waals surface area contributed by atoms with E-state index in [2.05, 4.69) is 45.1 Å². The Balaban J connectivity index is 1.60. The van der Waals surface area contributed by atoms with Crippen molar-refractivity contribution >= 4 is 22.8 Å². The summed E-state index contributed by atoms with van der Waals surface area (Å²) in [4.78, 5) is 20.1. The lowest BCUT2D eigenvalue weighted by molar-refractivity contribution is 0.0221. The molecule has 1 saturated heterocycles. The molecule has 28 heavy (non-hydrogen) atoms. The predicted molar refractivity (Wildman–Crippen MR) is 116 cm³/mol. The molecule has 2 fully saturated rings. The number of piperazine rings is 1. The molecule has 2 aromatic rings. The van der Waals surface area contributed by atoms with Crippen molar-refractivity contribution in [2.24, 2.45) is 0 Å². The Morgan fingerprint density at radius 2 is 1.82 bits per heavy atom. The maximum atomic E-state index is 4.84. The van der Waals surface area contributed by atoms with Crippen molar-refractivity contribution in [1.29, 1.82) is 0 Å². The maximum absolute atomic E-state index is 4.84. The van der Waals surface area contributed by atoms with Crippen LogP contribution in [0.4, 0.5) is 11.8 Å².